The third-order valence-electron chi connectivity index (χ3n) is 3.14. The molecule has 17 heavy (non-hydrogen) atoms. The summed E-state index contributed by atoms with van der Waals surface area (Å²) >= 11 is 0. The minimum Gasteiger partial charge on any atom is -0.324 e. The first kappa shape index (κ1) is 12.6. The molecule has 0 radical (unpaired) electrons. The van der Waals surface area contributed by atoms with Crippen molar-refractivity contribution in [2.75, 3.05) is 11.5 Å². The van der Waals surface area contributed by atoms with Crippen molar-refractivity contribution in [1.29, 1.82) is 0 Å². The number of nitrogens with two attached hydrogens (primary N) is 1. The van der Waals surface area contributed by atoms with Gasteiger partial charge in [0.25, 0.3) is 0 Å². The van der Waals surface area contributed by atoms with Crippen LogP contribution in [0, 0.1) is 0 Å². The summed E-state index contributed by atoms with van der Waals surface area (Å²) in [6, 6.07) is 2.23. The maximum absolute atomic E-state index is 11.4. The molecule has 1 aliphatic heterocycles. The molecule has 2 N–H and O–H groups in total. The van der Waals surface area contributed by atoms with Crippen LogP contribution in [0.5, 0.6) is 0 Å². The zero-order valence-corrected chi connectivity index (χ0v) is 11.1. The topological polar surface area (TPSA) is 78.0 Å². The smallest absolute Gasteiger partial charge is 0.152 e. The molecule has 6 heteroatoms. The molecule has 1 atom stereocenters. The van der Waals surface area contributed by atoms with Crippen LogP contribution in [0.25, 0.3) is 0 Å². The first-order chi connectivity index (χ1) is 7.80. The number of rotatable bonds is 3. The second-order valence-corrected chi connectivity index (χ2v) is 7.45. The lowest BCUT2D eigenvalue weighted by atomic mass is 9.94. The number of sulfone groups is 1. The molecule has 1 fully saturated rings. The average Bonchev–Trinajstić information content (AvgIpc) is 2.72. The van der Waals surface area contributed by atoms with Crippen molar-refractivity contribution in [3.8, 4) is 0 Å². The lowest BCUT2D eigenvalue weighted by Crippen LogP contribution is -2.43. The van der Waals surface area contributed by atoms with Crippen LogP contribution in [0.15, 0.2) is 12.3 Å². The molecule has 2 rings (SSSR count). The van der Waals surface area contributed by atoms with Crippen molar-refractivity contribution in [1.82, 2.24) is 9.78 Å². The fourth-order valence-corrected chi connectivity index (χ4v) is 4.18. The Labute approximate surface area is 102 Å². The molecule has 1 aromatic heterocycles. The third-order valence-corrected chi connectivity index (χ3v) is 4.99. The van der Waals surface area contributed by atoms with Gasteiger partial charge in [0.15, 0.2) is 9.84 Å². The maximum Gasteiger partial charge on any atom is 0.152 e. The van der Waals surface area contributed by atoms with Gasteiger partial charge in [-0.25, -0.2) is 8.42 Å². The molecule has 0 spiro atoms. The fraction of sp³-hybridized carbons (Fsp3) is 0.727. The quantitative estimate of drug-likeness (QED) is 0.856. The van der Waals surface area contributed by atoms with Gasteiger partial charge in [-0.2, -0.15) is 5.10 Å². The molecule has 0 bridgehead atoms. The van der Waals surface area contributed by atoms with Crippen molar-refractivity contribution in [3.05, 3.63) is 18.0 Å². The zero-order valence-electron chi connectivity index (χ0n) is 10.3. The minimum atomic E-state index is -2.94. The van der Waals surface area contributed by atoms with Gasteiger partial charge >= 0.3 is 0 Å². The highest BCUT2D eigenvalue weighted by molar-refractivity contribution is 7.91. The van der Waals surface area contributed by atoms with Gasteiger partial charge in [-0.05, 0) is 26.3 Å². The van der Waals surface area contributed by atoms with Crippen molar-refractivity contribution in [3.63, 3.8) is 0 Å². The van der Waals surface area contributed by atoms with E-state index in [4.69, 9.17) is 5.73 Å². The number of hydrogen-bond donors (Lipinski definition) is 1. The molecule has 1 saturated heterocycles. The summed E-state index contributed by atoms with van der Waals surface area (Å²) in [4.78, 5) is 0. The van der Waals surface area contributed by atoms with Crippen LogP contribution in [-0.2, 0) is 16.3 Å². The molecule has 5 nitrogen and oxygen atoms in total. The average molecular weight is 257 g/mol. The molecule has 0 amide bonds. The van der Waals surface area contributed by atoms with Crippen LogP contribution in [0.2, 0.25) is 0 Å². The second kappa shape index (κ2) is 4.10. The Morgan fingerprint density at radius 1 is 1.59 bits per heavy atom. The summed E-state index contributed by atoms with van der Waals surface area (Å²) < 4.78 is 24.8. The van der Waals surface area contributed by atoms with E-state index in [1.807, 2.05) is 16.9 Å². The predicted molar refractivity (Wildman–Crippen MR) is 66.5 cm³/mol. The molecule has 0 aromatic carbocycles. The van der Waals surface area contributed by atoms with E-state index in [-0.39, 0.29) is 11.5 Å². The summed E-state index contributed by atoms with van der Waals surface area (Å²) in [6.07, 6.45) is 2.97. The minimum absolute atomic E-state index is 0.0779. The molecular weight excluding hydrogens is 238 g/mol. The van der Waals surface area contributed by atoms with E-state index >= 15 is 0 Å². The van der Waals surface area contributed by atoms with Gasteiger partial charge in [-0.3, -0.25) is 4.68 Å². The van der Waals surface area contributed by atoms with E-state index in [9.17, 15) is 8.42 Å². The summed E-state index contributed by atoms with van der Waals surface area (Å²) in [5.74, 6) is 0.281. The van der Waals surface area contributed by atoms with Crippen molar-refractivity contribution in [2.45, 2.75) is 38.3 Å². The van der Waals surface area contributed by atoms with Crippen LogP contribution in [0.4, 0.5) is 0 Å². The lowest BCUT2D eigenvalue weighted by Gasteiger charge is -2.20. The molecule has 0 aliphatic carbocycles. The van der Waals surface area contributed by atoms with E-state index in [0.29, 0.717) is 18.9 Å². The highest BCUT2D eigenvalue weighted by Gasteiger charge is 2.39. The Bertz CT molecular complexity index is 507. The van der Waals surface area contributed by atoms with Gasteiger partial charge in [-0.1, -0.05) is 0 Å². The first-order valence-corrected chi connectivity index (χ1v) is 7.65. The Hall–Kier alpha value is -0.880. The van der Waals surface area contributed by atoms with E-state index in [0.717, 1.165) is 5.69 Å². The highest BCUT2D eigenvalue weighted by Crippen LogP contribution is 2.24. The maximum atomic E-state index is 11.4. The van der Waals surface area contributed by atoms with Gasteiger partial charge in [-0.15, -0.1) is 0 Å². The van der Waals surface area contributed by atoms with E-state index < -0.39 is 15.4 Å². The standard InChI is InChI=1S/C11H19N3O2S/c1-9(2)14-5-3-10(13-14)7-11(12)4-6-17(15,16)8-11/h3,5,9H,4,6-8,12H2,1-2H3. The van der Waals surface area contributed by atoms with Gasteiger partial charge < -0.3 is 5.73 Å². The first-order valence-electron chi connectivity index (χ1n) is 5.83. The summed E-state index contributed by atoms with van der Waals surface area (Å²) in [5.41, 5.74) is 6.37. The summed E-state index contributed by atoms with van der Waals surface area (Å²) in [5, 5.41) is 4.41. The van der Waals surface area contributed by atoms with E-state index in [1.165, 1.54) is 0 Å². The normalized spacial score (nSPS) is 27.8. The fourth-order valence-electron chi connectivity index (χ4n) is 2.20. The number of aromatic nitrogens is 2. The molecule has 0 saturated carbocycles. The van der Waals surface area contributed by atoms with Crippen LogP contribution in [0.3, 0.4) is 0 Å². The second-order valence-electron chi connectivity index (χ2n) is 5.26. The summed E-state index contributed by atoms with van der Waals surface area (Å²) in [7, 11) is -2.94. The Morgan fingerprint density at radius 2 is 2.29 bits per heavy atom. The Kier molecular flexibility index (Phi) is 3.03. The van der Waals surface area contributed by atoms with Crippen LogP contribution in [-0.4, -0.2) is 35.2 Å². The highest BCUT2D eigenvalue weighted by atomic mass is 32.2. The van der Waals surface area contributed by atoms with Gasteiger partial charge in [0.2, 0.25) is 0 Å². The molecule has 96 valence electrons. The molecule has 1 aromatic rings. The lowest BCUT2D eigenvalue weighted by molar-refractivity contribution is 0.459. The number of nitrogens with zero attached hydrogens (tertiary/aromatic N) is 2. The number of hydrogen-bond acceptors (Lipinski definition) is 4. The molecule has 2 heterocycles. The summed E-state index contributed by atoms with van der Waals surface area (Å²) in [6.45, 7) is 4.10. The van der Waals surface area contributed by atoms with E-state index in [1.54, 1.807) is 0 Å². The monoisotopic (exact) mass is 257 g/mol. The van der Waals surface area contributed by atoms with Crippen LogP contribution in [0.1, 0.15) is 32.0 Å². The third kappa shape index (κ3) is 2.87. The van der Waals surface area contributed by atoms with Crippen molar-refractivity contribution in [2.24, 2.45) is 5.73 Å². The SMILES string of the molecule is CC(C)n1ccc(CC2(N)CCS(=O)(=O)C2)n1. The van der Waals surface area contributed by atoms with Gasteiger partial charge in [0.05, 0.1) is 17.2 Å². The predicted octanol–water partition coefficient (Wildman–Crippen LogP) is 0.523. The Balaban J connectivity index is 2.10. The molecule has 1 unspecified atom stereocenters. The van der Waals surface area contributed by atoms with Gasteiger partial charge in [0.1, 0.15) is 0 Å². The van der Waals surface area contributed by atoms with Crippen LogP contribution >= 0.6 is 0 Å². The van der Waals surface area contributed by atoms with Crippen LogP contribution < -0.4 is 5.73 Å². The van der Waals surface area contributed by atoms with Crippen molar-refractivity contribution >= 4 is 9.84 Å². The van der Waals surface area contributed by atoms with E-state index in [2.05, 4.69) is 18.9 Å². The molecular formula is C11H19N3O2S. The largest absolute Gasteiger partial charge is 0.324 e. The Morgan fingerprint density at radius 3 is 2.76 bits per heavy atom. The van der Waals surface area contributed by atoms with Gasteiger partial charge in [0, 0.05) is 24.2 Å². The molecule has 1 aliphatic rings. The zero-order chi connectivity index (χ0) is 12.7. The van der Waals surface area contributed by atoms with Crippen molar-refractivity contribution < 1.29 is 8.42 Å².